The van der Waals surface area contributed by atoms with Gasteiger partial charge in [0.05, 0.1) is 25.4 Å². The Morgan fingerprint density at radius 2 is 1.89 bits per heavy atom. The highest BCUT2D eigenvalue weighted by atomic mass is 32.2. The maximum absolute atomic E-state index is 12.9. The average molecular weight is 405 g/mol. The molecule has 0 aromatic heterocycles. The Balaban J connectivity index is 1.34. The predicted octanol–water partition coefficient (Wildman–Crippen LogP) is 3.15. The lowest BCUT2D eigenvalue weighted by Crippen LogP contribution is -2.45. The summed E-state index contributed by atoms with van der Waals surface area (Å²) in [4.78, 5) is 17.5. The molecular formula is C22H32N2O3S. The molecule has 5 nitrogen and oxygen atoms in total. The fourth-order valence-corrected chi connectivity index (χ4v) is 5.61. The number of thioether (sulfide) groups is 1. The first-order valence-corrected chi connectivity index (χ1v) is 11.9. The Morgan fingerprint density at radius 1 is 1.11 bits per heavy atom. The second-order valence-corrected chi connectivity index (χ2v) is 9.28. The van der Waals surface area contributed by atoms with Crippen LogP contribution in [0.2, 0.25) is 0 Å². The highest BCUT2D eigenvalue weighted by molar-refractivity contribution is 7.99. The third-order valence-electron chi connectivity index (χ3n) is 6.15. The van der Waals surface area contributed by atoms with Crippen LogP contribution in [0.5, 0.6) is 5.75 Å². The van der Waals surface area contributed by atoms with Crippen LogP contribution in [0.1, 0.15) is 36.0 Å². The number of ether oxygens (including phenoxy) is 2. The SMILES string of the molecule is O=C(c1ccccc1OCC1CCCN(C2CCSCC2)C1)N1CCOCC1. The van der Waals surface area contributed by atoms with Gasteiger partial charge >= 0.3 is 0 Å². The zero-order valence-corrected chi connectivity index (χ0v) is 17.5. The Hall–Kier alpha value is -1.24. The van der Waals surface area contributed by atoms with Crippen molar-refractivity contribution in [2.24, 2.45) is 5.92 Å². The van der Waals surface area contributed by atoms with E-state index in [0.717, 1.165) is 18.3 Å². The molecule has 3 aliphatic rings. The number of hydrogen-bond donors (Lipinski definition) is 0. The molecule has 28 heavy (non-hydrogen) atoms. The van der Waals surface area contributed by atoms with Crippen molar-refractivity contribution < 1.29 is 14.3 Å². The van der Waals surface area contributed by atoms with Crippen LogP contribution in [0, 0.1) is 5.92 Å². The van der Waals surface area contributed by atoms with Gasteiger partial charge in [-0.2, -0.15) is 11.8 Å². The molecule has 1 amide bonds. The Kier molecular flexibility index (Phi) is 7.15. The number of hydrogen-bond acceptors (Lipinski definition) is 5. The number of piperidine rings is 1. The minimum Gasteiger partial charge on any atom is -0.492 e. The van der Waals surface area contributed by atoms with E-state index in [1.807, 2.05) is 29.2 Å². The number of rotatable bonds is 5. The van der Waals surface area contributed by atoms with E-state index < -0.39 is 0 Å². The minimum atomic E-state index is 0.0591. The molecule has 0 spiro atoms. The molecule has 1 atom stereocenters. The fraction of sp³-hybridized carbons (Fsp3) is 0.682. The molecule has 3 saturated heterocycles. The normalized spacial score (nSPS) is 24.9. The van der Waals surface area contributed by atoms with Crippen LogP contribution in [0.3, 0.4) is 0 Å². The maximum atomic E-state index is 12.9. The van der Waals surface area contributed by atoms with E-state index >= 15 is 0 Å². The van der Waals surface area contributed by atoms with Crippen LogP contribution in [-0.4, -0.2) is 79.3 Å². The summed E-state index contributed by atoms with van der Waals surface area (Å²) in [5, 5.41) is 0. The Morgan fingerprint density at radius 3 is 2.71 bits per heavy atom. The van der Waals surface area contributed by atoms with E-state index in [4.69, 9.17) is 9.47 Å². The topological polar surface area (TPSA) is 42.0 Å². The van der Waals surface area contributed by atoms with Crippen LogP contribution in [-0.2, 0) is 4.74 Å². The number of carbonyl (C=O) groups is 1. The van der Waals surface area contributed by atoms with Crippen LogP contribution < -0.4 is 4.74 Å². The standard InChI is InChI=1S/C22H32N2O3S/c25-22(23-10-12-26-13-11-23)20-5-1-2-6-21(20)27-17-18-4-3-9-24(16-18)19-7-14-28-15-8-19/h1-2,5-6,18-19H,3-4,7-17H2. The molecule has 6 heteroatoms. The smallest absolute Gasteiger partial charge is 0.257 e. The number of nitrogens with zero attached hydrogens (tertiary/aromatic N) is 2. The third-order valence-corrected chi connectivity index (χ3v) is 7.20. The van der Waals surface area contributed by atoms with E-state index in [1.54, 1.807) is 0 Å². The Bertz CT molecular complexity index is 644. The lowest BCUT2D eigenvalue weighted by molar-refractivity contribution is 0.0299. The lowest BCUT2D eigenvalue weighted by atomic mass is 9.96. The van der Waals surface area contributed by atoms with Gasteiger partial charge in [-0.25, -0.2) is 0 Å². The first-order valence-electron chi connectivity index (χ1n) is 10.7. The molecule has 3 aliphatic heterocycles. The van der Waals surface area contributed by atoms with Crippen molar-refractivity contribution in [3.8, 4) is 5.75 Å². The third kappa shape index (κ3) is 5.02. The summed E-state index contributed by atoms with van der Waals surface area (Å²) >= 11 is 2.09. The number of morpholine rings is 1. The summed E-state index contributed by atoms with van der Waals surface area (Å²) in [5.41, 5.74) is 0.682. The van der Waals surface area contributed by atoms with Crippen molar-refractivity contribution in [3.63, 3.8) is 0 Å². The number of carbonyl (C=O) groups excluding carboxylic acids is 1. The van der Waals surface area contributed by atoms with E-state index in [0.29, 0.717) is 44.4 Å². The molecule has 4 rings (SSSR count). The van der Waals surface area contributed by atoms with Crippen molar-refractivity contribution in [2.75, 3.05) is 57.5 Å². The molecule has 3 heterocycles. The van der Waals surface area contributed by atoms with Crippen molar-refractivity contribution in [2.45, 2.75) is 31.7 Å². The molecule has 0 radical (unpaired) electrons. The summed E-state index contributed by atoms with van der Waals surface area (Å²) in [6.45, 7) is 5.62. The monoisotopic (exact) mass is 404 g/mol. The number of likely N-dealkylation sites (tertiary alicyclic amines) is 1. The zero-order chi connectivity index (χ0) is 19.2. The molecule has 3 fully saturated rings. The number of amides is 1. The van der Waals surface area contributed by atoms with Gasteiger partial charge in [0.2, 0.25) is 0 Å². The van der Waals surface area contributed by atoms with Crippen LogP contribution in [0.4, 0.5) is 0 Å². The van der Waals surface area contributed by atoms with Gasteiger partial charge in [-0.1, -0.05) is 12.1 Å². The molecule has 0 bridgehead atoms. The summed E-state index contributed by atoms with van der Waals surface area (Å²) in [6.07, 6.45) is 5.13. The first-order chi connectivity index (χ1) is 13.8. The van der Waals surface area contributed by atoms with Gasteiger partial charge in [0.25, 0.3) is 5.91 Å². The summed E-state index contributed by atoms with van der Waals surface area (Å²) in [7, 11) is 0. The summed E-state index contributed by atoms with van der Waals surface area (Å²) < 4.78 is 11.6. The molecule has 154 valence electrons. The van der Waals surface area contributed by atoms with Crippen LogP contribution >= 0.6 is 11.8 Å². The molecule has 0 aliphatic carbocycles. The predicted molar refractivity (Wildman–Crippen MR) is 113 cm³/mol. The Labute approximate surface area is 172 Å². The lowest BCUT2D eigenvalue weighted by Gasteiger charge is -2.39. The molecule has 1 aromatic rings. The largest absolute Gasteiger partial charge is 0.492 e. The summed E-state index contributed by atoms with van der Waals surface area (Å²) in [6, 6.07) is 8.47. The van der Waals surface area contributed by atoms with Crippen molar-refractivity contribution in [3.05, 3.63) is 29.8 Å². The molecule has 1 unspecified atom stereocenters. The molecule has 1 aromatic carbocycles. The van der Waals surface area contributed by atoms with E-state index in [1.165, 1.54) is 43.7 Å². The molecule has 0 N–H and O–H groups in total. The number of para-hydroxylation sites is 1. The molecular weight excluding hydrogens is 372 g/mol. The highest BCUT2D eigenvalue weighted by Crippen LogP contribution is 2.28. The van der Waals surface area contributed by atoms with Gasteiger partial charge in [-0.05, 0) is 55.9 Å². The maximum Gasteiger partial charge on any atom is 0.257 e. The van der Waals surface area contributed by atoms with Gasteiger partial charge < -0.3 is 14.4 Å². The fourth-order valence-electron chi connectivity index (χ4n) is 4.53. The van der Waals surface area contributed by atoms with E-state index in [-0.39, 0.29) is 5.91 Å². The van der Waals surface area contributed by atoms with E-state index in [9.17, 15) is 4.79 Å². The van der Waals surface area contributed by atoms with Gasteiger partial charge in [-0.3, -0.25) is 9.69 Å². The van der Waals surface area contributed by atoms with Crippen LogP contribution in [0.25, 0.3) is 0 Å². The minimum absolute atomic E-state index is 0.0591. The second-order valence-electron chi connectivity index (χ2n) is 8.06. The number of benzene rings is 1. The second kappa shape index (κ2) is 9.99. The molecule has 0 saturated carbocycles. The van der Waals surface area contributed by atoms with Gasteiger partial charge in [0, 0.05) is 31.6 Å². The van der Waals surface area contributed by atoms with Crippen molar-refractivity contribution >= 4 is 17.7 Å². The van der Waals surface area contributed by atoms with Crippen molar-refractivity contribution in [1.29, 1.82) is 0 Å². The van der Waals surface area contributed by atoms with Gasteiger partial charge in [-0.15, -0.1) is 0 Å². The van der Waals surface area contributed by atoms with Gasteiger partial charge in [0.15, 0.2) is 0 Å². The highest BCUT2D eigenvalue weighted by Gasteiger charge is 2.28. The van der Waals surface area contributed by atoms with E-state index in [2.05, 4.69) is 16.7 Å². The average Bonchev–Trinajstić information content (AvgIpc) is 2.79. The van der Waals surface area contributed by atoms with Gasteiger partial charge in [0.1, 0.15) is 5.75 Å². The van der Waals surface area contributed by atoms with Crippen molar-refractivity contribution in [1.82, 2.24) is 9.80 Å². The first kappa shape index (κ1) is 20.0. The van der Waals surface area contributed by atoms with Crippen LogP contribution in [0.15, 0.2) is 24.3 Å². The zero-order valence-electron chi connectivity index (χ0n) is 16.7. The summed E-state index contributed by atoms with van der Waals surface area (Å²) in [5.74, 6) is 3.95. The quantitative estimate of drug-likeness (QED) is 0.754.